The van der Waals surface area contributed by atoms with Crippen LogP contribution in [-0.2, 0) is 17.9 Å². The number of rotatable bonds is 1. The molecule has 0 aliphatic carbocycles. The summed E-state index contributed by atoms with van der Waals surface area (Å²) in [5.74, 6) is -0.362. The number of benzene rings is 1. The second-order valence-electron chi connectivity index (χ2n) is 4.20. The second-order valence-corrected chi connectivity index (χ2v) is 4.99. The smallest absolute Gasteiger partial charge is 0.313 e. The van der Waals surface area contributed by atoms with Crippen molar-refractivity contribution in [2.24, 2.45) is 0 Å². The molecule has 1 aliphatic rings. The van der Waals surface area contributed by atoms with Crippen LogP contribution in [0.5, 0.6) is 0 Å². The number of halogens is 4. The highest BCUT2D eigenvalue weighted by Gasteiger charge is 2.38. The minimum Gasteiger partial charge on any atom is -0.313 e. The van der Waals surface area contributed by atoms with E-state index in [9.17, 15) is 13.2 Å². The van der Waals surface area contributed by atoms with E-state index in [1.165, 1.54) is 16.8 Å². The van der Waals surface area contributed by atoms with E-state index < -0.39 is 12.7 Å². The first kappa shape index (κ1) is 12.7. The lowest BCUT2D eigenvalue weighted by atomic mass is 10.1. The SMILES string of the molecule is Fc1ccc(-c2nn3c(c2Br)COC(F)(F)C3)cc1. The molecule has 1 aromatic carbocycles. The maximum Gasteiger partial charge on any atom is 0.375 e. The molecule has 0 bridgehead atoms. The monoisotopic (exact) mass is 332 g/mol. The zero-order valence-corrected chi connectivity index (χ0v) is 11.1. The molecule has 2 heterocycles. The highest BCUT2D eigenvalue weighted by atomic mass is 79.9. The summed E-state index contributed by atoms with van der Waals surface area (Å²) in [5.41, 5.74) is 1.69. The van der Waals surface area contributed by atoms with Crippen LogP contribution in [0, 0.1) is 5.82 Å². The lowest BCUT2D eigenvalue weighted by Crippen LogP contribution is -2.33. The van der Waals surface area contributed by atoms with E-state index in [1.807, 2.05) is 0 Å². The number of hydrogen-bond acceptors (Lipinski definition) is 2. The summed E-state index contributed by atoms with van der Waals surface area (Å²) in [6.07, 6.45) is -3.21. The average Bonchev–Trinajstić information content (AvgIpc) is 2.65. The Hall–Kier alpha value is -1.34. The standard InChI is InChI=1S/C12H8BrF3N2O/c13-10-9-5-19-12(15,16)6-18(9)17-11(10)7-1-3-8(14)4-2-7/h1-4H,5-6H2. The van der Waals surface area contributed by atoms with Crippen molar-refractivity contribution in [1.29, 1.82) is 0 Å². The first-order valence-electron chi connectivity index (χ1n) is 5.49. The number of ether oxygens (including phenoxy) is 1. The van der Waals surface area contributed by atoms with Crippen molar-refractivity contribution in [1.82, 2.24) is 9.78 Å². The Morgan fingerprint density at radius 2 is 1.95 bits per heavy atom. The van der Waals surface area contributed by atoms with E-state index in [1.54, 1.807) is 12.1 Å². The molecule has 1 aromatic heterocycles. The van der Waals surface area contributed by atoms with Gasteiger partial charge >= 0.3 is 6.11 Å². The van der Waals surface area contributed by atoms with E-state index in [0.717, 1.165) is 0 Å². The molecule has 1 aliphatic heterocycles. The summed E-state index contributed by atoms with van der Waals surface area (Å²) in [4.78, 5) is 0. The van der Waals surface area contributed by atoms with Gasteiger partial charge in [0.05, 0.1) is 16.8 Å². The molecule has 0 saturated carbocycles. The van der Waals surface area contributed by atoms with Crippen molar-refractivity contribution in [3.05, 3.63) is 40.2 Å². The van der Waals surface area contributed by atoms with Crippen LogP contribution in [0.1, 0.15) is 5.69 Å². The van der Waals surface area contributed by atoms with Gasteiger partial charge < -0.3 is 4.74 Å². The van der Waals surface area contributed by atoms with Crippen molar-refractivity contribution in [2.75, 3.05) is 0 Å². The summed E-state index contributed by atoms with van der Waals surface area (Å²) in [6, 6.07) is 5.69. The Labute approximate surface area is 115 Å². The molecule has 0 fully saturated rings. The molecule has 0 amide bonds. The molecular formula is C12H8BrF3N2O. The van der Waals surface area contributed by atoms with Gasteiger partial charge in [-0.15, -0.1) is 0 Å². The van der Waals surface area contributed by atoms with Crippen LogP contribution in [0.4, 0.5) is 13.2 Å². The molecule has 0 N–H and O–H groups in total. The van der Waals surface area contributed by atoms with E-state index in [0.29, 0.717) is 21.4 Å². The summed E-state index contributed by atoms with van der Waals surface area (Å²) in [7, 11) is 0. The first-order valence-corrected chi connectivity index (χ1v) is 6.28. The average molecular weight is 333 g/mol. The fourth-order valence-electron chi connectivity index (χ4n) is 1.93. The summed E-state index contributed by atoms with van der Waals surface area (Å²) in [6.45, 7) is -0.843. The van der Waals surface area contributed by atoms with Gasteiger partial charge in [0, 0.05) is 5.56 Å². The largest absolute Gasteiger partial charge is 0.375 e. The molecule has 100 valence electrons. The minimum atomic E-state index is -3.21. The van der Waals surface area contributed by atoms with E-state index in [-0.39, 0.29) is 12.4 Å². The molecule has 19 heavy (non-hydrogen) atoms. The first-order chi connectivity index (χ1) is 8.96. The van der Waals surface area contributed by atoms with Crippen molar-refractivity contribution in [3.8, 4) is 11.3 Å². The van der Waals surface area contributed by atoms with Crippen molar-refractivity contribution in [2.45, 2.75) is 19.3 Å². The van der Waals surface area contributed by atoms with Gasteiger partial charge in [-0.3, -0.25) is 4.68 Å². The molecular weight excluding hydrogens is 325 g/mol. The van der Waals surface area contributed by atoms with Crippen LogP contribution in [0.3, 0.4) is 0 Å². The molecule has 0 radical (unpaired) electrons. The fourth-order valence-corrected chi connectivity index (χ4v) is 2.56. The number of alkyl halides is 2. The lowest BCUT2D eigenvalue weighted by Gasteiger charge is -2.23. The topological polar surface area (TPSA) is 27.1 Å². The van der Waals surface area contributed by atoms with Gasteiger partial charge in [-0.1, -0.05) is 0 Å². The highest BCUT2D eigenvalue weighted by Crippen LogP contribution is 2.35. The number of nitrogens with zero attached hydrogens (tertiary/aromatic N) is 2. The highest BCUT2D eigenvalue weighted by molar-refractivity contribution is 9.10. The van der Waals surface area contributed by atoms with Gasteiger partial charge in [0.1, 0.15) is 18.1 Å². The molecule has 0 saturated heterocycles. The Kier molecular flexibility index (Phi) is 2.90. The molecule has 3 nitrogen and oxygen atoms in total. The van der Waals surface area contributed by atoms with Crippen LogP contribution in [0.15, 0.2) is 28.7 Å². The van der Waals surface area contributed by atoms with E-state index in [4.69, 9.17) is 0 Å². The minimum absolute atomic E-state index is 0.220. The van der Waals surface area contributed by atoms with Gasteiger partial charge in [0.15, 0.2) is 0 Å². The van der Waals surface area contributed by atoms with E-state index in [2.05, 4.69) is 25.8 Å². The molecule has 7 heteroatoms. The molecule has 0 unspecified atom stereocenters. The summed E-state index contributed by atoms with van der Waals surface area (Å²) in [5, 5.41) is 4.13. The van der Waals surface area contributed by atoms with Gasteiger partial charge in [0.25, 0.3) is 0 Å². The second kappa shape index (κ2) is 4.35. The summed E-state index contributed by atoms with van der Waals surface area (Å²) < 4.78 is 45.4. The quantitative estimate of drug-likeness (QED) is 0.798. The summed E-state index contributed by atoms with van der Waals surface area (Å²) >= 11 is 3.33. The predicted molar refractivity (Wildman–Crippen MR) is 65.1 cm³/mol. The van der Waals surface area contributed by atoms with Crippen molar-refractivity contribution in [3.63, 3.8) is 0 Å². The molecule has 3 rings (SSSR count). The maximum absolute atomic E-state index is 13.1. The van der Waals surface area contributed by atoms with Crippen LogP contribution in [-0.4, -0.2) is 15.9 Å². The third-order valence-electron chi connectivity index (χ3n) is 2.87. The van der Waals surface area contributed by atoms with Crippen LogP contribution >= 0.6 is 15.9 Å². The van der Waals surface area contributed by atoms with Gasteiger partial charge in [0.2, 0.25) is 0 Å². The Balaban J connectivity index is 2.05. The normalized spacial score (nSPS) is 17.3. The van der Waals surface area contributed by atoms with Crippen LogP contribution in [0.2, 0.25) is 0 Å². The Morgan fingerprint density at radius 1 is 1.26 bits per heavy atom. The Morgan fingerprint density at radius 3 is 2.63 bits per heavy atom. The van der Waals surface area contributed by atoms with Gasteiger partial charge in [-0.2, -0.15) is 13.9 Å². The number of aromatic nitrogens is 2. The van der Waals surface area contributed by atoms with E-state index >= 15 is 0 Å². The zero-order valence-electron chi connectivity index (χ0n) is 9.54. The number of fused-ring (bicyclic) bond motifs is 1. The zero-order chi connectivity index (χ0) is 13.6. The molecule has 2 aromatic rings. The third-order valence-corrected chi connectivity index (χ3v) is 3.70. The van der Waals surface area contributed by atoms with Gasteiger partial charge in [-0.25, -0.2) is 4.39 Å². The Bertz CT molecular complexity index is 625. The predicted octanol–water partition coefficient (Wildman–Crippen LogP) is 3.57. The van der Waals surface area contributed by atoms with Gasteiger partial charge in [-0.05, 0) is 40.2 Å². The lowest BCUT2D eigenvalue weighted by molar-refractivity contribution is -0.267. The molecule has 0 spiro atoms. The van der Waals surface area contributed by atoms with Crippen molar-refractivity contribution >= 4 is 15.9 Å². The van der Waals surface area contributed by atoms with Crippen LogP contribution in [0.25, 0.3) is 11.3 Å². The fraction of sp³-hybridized carbons (Fsp3) is 0.250. The maximum atomic E-state index is 13.1. The molecule has 0 atom stereocenters. The number of hydrogen-bond donors (Lipinski definition) is 0. The third kappa shape index (κ3) is 2.28. The van der Waals surface area contributed by atoms with Crippen molar-refractivity contribution < 1.29 is 17.9 Å². The van der Waals surface area contributed by atoms with Crippen LogP contribution < -0.4 is 0 Å².